The van der Waals surface area contributed by atoms with E-state index in [1.54, 1.807) is 0 Å². The van der Waals surface area contributed by atoms with Crippen molar-refractivity contribution in [3.05, 3.63) is 89.2 Å². The second-order valence-corrected chi connectivity index (χ2v) is 8.62. The largest absolute Gasteiger partial charge is 0.368 e. The molecule has 2 aliphatic rings. The summed E-state index contributed by atoms with van der Waals surface area (Å²) in [7, 11) is 2.05. The minimum atomic E-state index is 0.166. The van der Waals surface area contributed by atoms with Gasteiger partial charge < -0.3 is 14.4 Å². The number of anilines is 1. The molecule has 160 valence electrons. The Labute approximate surface area is 184 Å². The van der Waals surface area contributed by atoms with Crippen LogP contribution in [0.15, 0.2) is 66.7 Å². The van der Waals surface area contributed by atoms with Crippen LogP contribution in [0.25, 0.3) is 0 Å². The van der Waals surface area contributed by atoms with Gasteiger partial charge in [-0.2, -0.15) is 0 Å². The van der Waals surface area contributed by atoms with E-state index < -0.39 is 0 Å². The van der Waals surface area contributed by atoms with Crippen molar-refractivity contribution in [2.24, 2.45) is 7.05 Å². The number of carbonyl (C=O) groups excluding carboxylic acids is 1. The van der Waals surface area contributed by atoms with Crippen LogP contribution in [0.2, 0.25) is 0 Å². The van der Waals surface area contributed by atoms with Crippen molar-refractivity contribution in [2.45, 2.75) is 19.5 Å². The molecule has 5 nitrogen and oxygen atoms in total. The summed E-state index contributed by atoms with van der Waals surface area (Å²) in [5.41, 5.74) is 6.03. The summed E-state index contributed by atoms with van der Waals surface area (Å²) in [5.74, 6) is 0.166. The van der Waals surface area contributed by atoms with Gasteiger partial charge in [0.2, 0.25) is 0 Å². The fraction of sp³-hybridized carbons (Fsp3) is 0.346. The van der Waals surface area contributed by atoms with E-state index in [9.17, 15) is 4.79 Å². The monoisotopic (exact) mass is 414 g/mol. The predicted molar refractivity (Wildman–Crippen MR) is 124 cm³/mol. The molecule has 2 aromatic carbocycles. The molecular weight excluding hydrogens is 384 g/mol. The number of amides is 1. The van der Waals surface area contributed by atoms with Crippen LogP contribution < -0.4 is 4.90 Å². The highest BCUT2D eigenvalue weighted by Crippen LogP contribution is 2.25. The third kappa shape index (κ3) is 4.10. The zero-order valence-electron chi connectivity index (χ0n) is 18.2. The second kappa shape index (κ2) is 8.60. The molecule has 0 aliphatic carbocycles. The number of nitrogens with zero attached hydrogens (tertiary/aromatic N) is 4. The Bertz CT molecular complexity index is 1040. The number of aromatic nitrogens is 1. The molecule has 1 fully saturated rings. The van der Waals surface area contributed by atoms with Gasteiger partial charge in [0.25, 0.3) is 5.91 Å². The molecule has 3 heterocycles. The molecule has 1 saturated heterocycles. The minimum absolute atomic E-state index is 0.166. The maximum Gasteiger partial charge on any atom is 0.270 e. The van der Waals surface area contributed by atoms with Gasteiger partial charge in [-0.25, -0.2) is 0 Å². The third-order valence-corrected chi connectivity index (χ3v) is 6.66. The van der Waals surface area contributed by atoms with Crippen molar-refractivity contribution >= 4 is 11.6 Å². The van der Waals surface area contributed by atoms with Crippen molar-refractivity contribution in [2.75, 3.05) is 37.6 Å². The second-order valence-electron chi connectivity index (χ2n) is 8.62. The van der Waals surface area contributed by atoms with Crippen LogP contribution in [0.3, 0.4) is 0 Å². The lowest BCUT2D eigenvalue weighted by Gasteiger charge is -2.36. The summed E-state index contributed by atoms with van der Waals surface area (Å²) in [5, 5.41) is 0. The van der Waals surface area contributed by atoms with Crippen molar-refractivity contribution in [1.82, 2.24) is 14.4 Å². The van der Waals surface area contributed by atoms with Gasteiger partial charge in [0.1, 0.15) is 5.69 Å². The zero-order chi connectivity index (χ0) is 21.2. The predicted octanol–water partition coefficient (Wildman–Crippen LogP) is 3.55. The number of piperazine rings is 1. The Kier molecular flexibility index (Phi) is 5.51. The molecule has 0 bridgehead atoms. The molecule has 0 spiro atoms. The lowest BCUT2D eigenvalue weighted by molar-refractivity contribution is 0.0737. The molecule has 0 saturated carbocycles. The van der Waals surface area contributed by atoms with Crippen molar-refractivity contribution in [3.8, 4) is 0 Å². The molecular formula is C26H30N4O. The highest BCUT2D eigenvalue weighted by atomic mass is 16.2. The molecule has 0 radical (unpaired) electrons. The van der Waals surface area contributed by atoms with Gasteiger partial charge in [0.05, 0.1) is 0 Å². The van der Waals surface area contributed by atoms with Crippen LogP contribution >= 0.6 is 0 Å². The summed E-state index contributed by atoms with van der Waals surface area (Å²) in [6.07, 6.45) is 0.994. The Morgan fingerprint density at radius 3 is 2.26 bits per heavy atom. The SMILES string of the molecule is Cn1c(C(=O)N2CCN(c3ccccc3)CC2)cc2c1CCN(Cc1ccccc1)C2. The van der Waals surface area contributed by atoms with Crippen LogP contribution in [0.5, 0.6) is 0 Å². The fourth-order valence-corrected chi connectivity index (χ4v) is 4.91. The fourth-order valence-electron chi connectivity index (χ4n) is 4.91. The van der Waals surface area contributed by atoms with E-state index in [0.717, 1.165) is 57.9 Å². The molecule has 5 heteroatoms. The van der Waals surface area contributed by atoms with Crippen LogP contribution in [0.1, 0.15) is 27.3 Å². The van der Waals surface area contributed by atoms with Gasteiger partial charge in [-0.05, 0) is 29.3 Å². The van der Waals surface area contributed by atoms with E-state index in [4.69, 9.17) is 0 Å². The number of fused-ring (bicyclic) bond motifs is 1. The first-order chi connectivity index (χ1) is 15.2. The molecule has 0 unspecified atom stereocenters. The van der Waals surface area contributed by atoms with E-state index in [1.165, 1.54) is 22.5 Å². The average molecular weight is 415 g/mol. The lowest BCUT2D eigenvalue weighted by atomic mass is 10.1. The van der Waals surface area contributed by atoms with Gasteiger partial charge >= 0.3 is 0 Å². The Morgan fingerprint density at radius 2 is 1.55 bits per heavy atom. The minimum Gasteiger partial charge on any atom is -0.368 e. The van der Waals surface area contributed by atoms with E-state index >= 15 is 0 Å². The van der Waals surface area contributed by atoms with E-state index in [-0.39, 0.29) is 5.91 Å². The number of hydrogen-bond acceptors (Lipinski definition) is 3. The lowest BCUT2D eigenvalue weighted by Crippen LogP contribution is -2.49. The van der Waals surface area contributed by atoms with Crippen LogP contribution in [0.4, 0.5) is 5.69 Å². The summed E-state index contributed by atoms with van der Waals surface area (Å²) in [6, 6.07) is 23.2. The van der Waals surface area contributed by atoms with Crippen LogP contribution in [0, 0.1) is 0 Å². The summed E-state index contributed by atoms with van der Waals surface area (Å²) in [4.78, 5) is 20.2. The quantitative estimate of drug-likeness (QED) is 0.654. The first-order valence-electron chi connectivity index (χ1n) is 11.2. The molecule has 5 rings (SSSR count). The number of hydrogen-bond donors (Lipinski definition) is 0. The van der Waals surface area contributed by atoms with Gasteiger partial charge in [-0.15, -0.1) is 0 Å². The molecule has 0 atom stereocenters. The molecule has 1 aromatic heterocycles. The Balaban J connectivity index is 1.25. The number of carbonyl (C=O) groups is 1. The number of benzene rings is 2. The highest BCUT2D eigenvalue weighted by Gasteiger charge is 2.28. The van der Waals surface area contributed by atoms with Crippen molar-refractivity contribution in [1.29, 1.82) is 0 Å². The summed E-state index contributed by atoms with van der Waals surface area (Å²) >= 11 is 0. The average Bonchev–Trinajstić information content (AvgIpc) is 3.15. The topological polar surface area (TPSA) is 31.7 Å². The smallest absolute Gasteiger partial charge is 0.270 e. The van der Waals surface area contributed by atoms with Crippen molar-refractivity contribution < 1.29 is 4.79 Å². The maximum atomic E-state index is 13.3. The summed E-state index contributed by atoms with van der Waals surface area (Å²) < 4.78 is 2.14. The third-order valence-electron chi connectivity index (χ3n) is 6.66. The van der Waals surface area contributed by atoms with Crippen molar-refractivity contribution in [3.63, 3.8) is 0 Å². The Hall–Kier alpha value is -3.05. The first-order valence-corrected chi connectivity index (χ1v) is 11.2. The molecule has 31 heavy (non-hydrogen) atoms. The highest BCUT2D eigenvalue weighted by molar-refractivity contribution is 5.93. The molecule has 3 aromatic rings. The standard InChI is InChI=1S/C26H30N4O/c1-27-24-12-13-28(19-21-8-4-2-5-9-21)20-22(24)18-25(27)26(31)30-16-14-29(15-17-30)23-10-6-3-7-11-23/h2-11,18H,12-17,19-20H2,1H3. The van der Waals surface area contributed by atoms with E-state index in [2.05, 4.69) is 82.1 Å². The van der Waals surface area contributed by atoms with Gasteiger partial charge in [-0.3, -0.25) is 9.69 Å². The molecule has 2 aliphatic heterocycles. The molecule has 0 N–H and O–H groups in total. The zero-order valence-corrected chi connectivity index (χ0v) is 18.2. The maximum absolute atomic E-state index is 13.3. The van der Waals surface area contributed by atoms with Gasteiger partial charge in [-0.1, -0.05) is 48.5 Å². The normalized spacial score (nSPS) is 16.9. The van der Waals surface area contributed by atoms with E-state index in [0.29, 0.717) is 0 Å². The number of rotatable bonds is 4. The number of para-hydroxylation sites is 1. The van der Waals surface area contributed by atoms with Gasteiger partial charge in [0, 0.05) is 70.7 Å². The van der Waals surface area contributed by atoms with E-state index in [1.807, 2.05) is 11.0 Å². The van der Waals surface area contributed by atoms with Gasteiger partial charge in [0.15, 0.2) is 0 Å². The van der Waals surface area contributed by atoms with Crippen LogP contribution in [-0.4, -0.2) is 53.0 Å². The van der Waals surface area contributed by atoms with Crippen LogP contribution in [-0.2, 0) is 26.6 Å². The first kappa shape index (κ1) is 19.9. The summed E-state index contributed by atoms with van der Waals surface area (Å²) in [6.45, 7) is 6.19. The Morgan fingerprint density at radius 1 is 0.871 bits per heavy atom. The molecule has 1 amide bonds.